The fraction of sp³-hybridized carbons (Fsp3) is 0.591. The van der Waals surface area contributed by atoms with Gasteiger partial charge >= 0.3 is 0 Å². The highest BCUT2D eigenvalue weighted by atomic mass is 32.2. The molecule has 3 fully saturated rings. The van der Waals surface area contributed by atoms with Gasteiger partial charge in [-0.1, -0.05) is 12.5 Å². The Balaban J connectivity index is 1.55. The smallest absolute Gasteiger partial charge is 0.250 e. The van der Waals surface area contributed by atoms with Gasteiger partial charge < -0.3 is 15.5 Å². The lowest BCUT2D eigenvalue weighted by atomic mass is 9.99. The molecular formula is C22H31N5O5S. The Kier molecular flexibility index (Phi) is 6.73. The van der Waals surface area contributed by atoms with Crippen LogP contribution in [0, 0.1) is 6.92 Å². The number of amides is 3. The molecule has 0 spiro atoms. The molecule has 2 atom stereocenters. The number of piperidine rings is 1. The number of sulfonamides is 1. The quantitative estimate of drug-likeness (QED) is 0.552. The summed E-state index contributed by atoms with van der Waals surface area (Å²) in [4.78, 5) is 42.8. The highest BCUT2D eigenvalue weighted by molar-refractivity contribution is 7.89. The Labute approximate surface area is 194 Å². The number of nitrogens with zero attached hydrogens (tertiary/aromatic N) is 3. The van der Waals surface area contributed by atoms with E-state index in [1.54, 1.807) is 24.0 Å². The molecule has 3 saturated heterocycles. The van der Waals surface area contributed by atoms with Crippen molar-refractivity contribution in [3.8, 4) is 0 Å². The fourth-order valence-corrected chi connectivity index (χ4v) is 6.50. The van der Waals surface area contributed by atoms with Crippen molar-refractivity contribution in [2.75, 3.05) is 37.6 Å². The van der Waals surface area contributed by atoms with Crippen molar-refractivity contribution in [3.05, 3.63) is 23.8 Å². The molecule has 4 rings (SSSR count). The number of piperazine rings is 1. The third kappa shape index (κ3) is 4.75. The zero-order valence-electron chi connectivity index (χ0n) is 18.8. The number of carbonyl (C=O) groups is 3. The van der Waals surface area contributed by atoms with Crippen molar-refractivity contribution in [2.24, 2.45) is 5.73 Å². The summed E-state index contributed by atoms with van der Waals surface area (Å²) in [6.45, 7) is 4.70. The second-order valence-corrected chi connectivity index (χ2v) is 10.7. The monoisotopic (exact) mass is 477 g/mol. The lowest BCUT2D eigenvalue weighted by molar-refractivity contribution is -0.140. The van der Waals surface area contributed by atoms with Crippen LogP contribution in [0.15, 0.2) is 23.1 Å². The van der Waals surface area contributed by atoms with Crippen molar-refractivity contribution < 1.29 is 22.8 Å². The molecule has 33 heavy (non-hydrogen) atoms. The highest BCUT2D eigenvalue weighted by Gasteiger charge is 2.38. The minimum Gasteiger partial charge on any atom is -0.368 e. The SMILES string of the molecule is Cc1c(N2CCCC2=O)cccc1S(=O)(=O)N[C@@H](C(N)=O)C(=O)N1CCN2CCCCC2C1. The standard InChI is InChI=1S/C22H31N5O5S/c1-15-17(27-11-5-9-19(27)28)7-4-8-18(15)33(31,32)24-20(21(23)29)22(30)26-13-12-25-10-3-2-6-16(25)14-26/h4,7-8,16,20,24H,2-3,5-6,9-14H2,1H3,(H2,23,29)/t16?,20-/m0/s1. The van der Waals surface area contributed by atoms with Gasteiger partial charge in [-0.2, -0.15) is 4.72 Å². The first-order chi connectivity index (χ1) is 15.7. The maximum Gasteiger partial charge on any atom is 0.250 e. The maximum absolute atomic E-state index is 13.2. The number of anilines is 1. The summed E-state index contributed by atoms with van der Waals surface area (Å²) in [5.41, 5.74) is 6.36. The van der Waals surface area contributed by atoms with Crippen molar-refractivity contribution in [1.29, 1.82) is 0 Å². The van der Waals surface area contributed by atoms with Crippen molar-refractivity contribution in [3.63, 3.8) is 0 Å². The number of nitrogens with one attached hydrogen (secondary N) is 1. The van der Waals surface area contributed by atoms with Crippen molar-refractivity contribution in [1.82, 2.24) is 14.5 Å². The van der Waals surface area contributed by atoms with E-state index < -0.39 is 27.9 Å². The Morgan fingerprint density at radius 1 is 1.12 bits per heavy atom. The molecule has 3 N–H and O–H groups in total. The zero-order chi connectivity index (χ0) is 23.8. The average molecular weight is 478 g/mol. The van der Waals surface area contributed by atoms with E-state index in [0.717, 1.165) is 25.8 Å². The van der Waals surface area contributed by atoms with Crippen LogP contribution < -0.4 is 15.4 Å². The molecule has 0 aromatic heterocycles. The first-order valence-electron chi connectivity index (χ1n) is 11.4. The molecular weight excluding hydrogens is 446 g/mol. The predicted molar refractivity (Wildman–Crippen MR) is 122 cm³/mol. The number of hydrogen-bond donors (Lipinski definition) is 2. The van der Waals surface area contributed by atoms with Gasteiger partial charge in [-0.3, -0.25) is 19.3 Å². The molecule has 3 aliphatic heterocycles. The number of nitrogens with two attached hydrogens (primary N) is 1. The second kappa shape index (κ2) is 9.40. The normalized spacial score (nSPS) is 22.8. The Hall–Kier alpha value is -2.50. The molecule has 11 heteroatoms. The largest absolute Gasteiger partial charge is 0.368 e. The van der Waals surface area contributed by atoms with E-state index in [0.29, 0.717) is 50.3 Å². The van der Waals surface area contributed by atoms with Gasteiger partial charge in [0.25, 0.3) is 5.91 Å². The molecule has 0 bridgehead atoms. The van der Waals surface area contributed by atoms with Crippen LogP contribution in [0.2, 0.25) is 0 Å². The molecule has 0 aliphatic carbocycles. The zero-order valence-corrected chi connectivity index (χ0v) is 19.6. The predicted octanol–water partition coefficient (Wildman–Crippen LogP) is -0.0493. The topological polar surface area (TPSA) is 133 Å². The van der Waals surface area contributed by atoms with Gasteiger partial charge in [-0.15, -0.1) is 0 Å². The van der Waals surface area contributed by atoms with Crippen LogP contribution in [0.4, 0.5) is 5.69 Å². The van der Waals surface area contributed by atoms with Crippen LogP contribution in [-0.4, -0.2) is 80.7 Å². The van der Waals surface area contributed by atoms with E-state index in [1.165, 1.54) is 11.0 Å². The summed E-state index contributed by atoms with van der Waals surface area (Å²) in [5, 5.41) is 0. The summed E-state index contributed by atoms with van der Waals surface area (Å²) < 4.78 is 28.7. The van der Waals surface area contributed by atoms with E-state index in [4.69, 9.17) is 5.73 Å². The van der Waals surface area contributed by atoms with Crippen molar-refractivity contribution >= 4 is 33.4 Å². The second-order valence-electron chi connectivity index (χ2n) is 8.98. The summed E-state index contributed by atoms with van der Waals surface area (Å²) in [5.74, 6) is -1.73. The number of rotatable bonds is 6. The van der Waals surface area contributed by atoms with Gasteiger partial charge in [0.05, 0.1) is 4.90 Å². The molecule has 3 aliphatic rings. The molecule has 1 aromatic rings. The third-order valence-electron chi connectivity index (χ3n) is 6.86. The summed E-state index contributed by atoms with van der Waals surface area (Å²) in [6, 6.07) is 3.16. The number of benzene rings is 1. The minimum absolute atomic E-state index is 0.0624. The van der Waals surface area contributed by atoms with Gasteiger partial charge in [0.1, 0.15) is 0 Å². The lowest BCUT2D eigenvalue weighted by Crippen LogP contribution is -2.61. The molecule has 180 valence electrons. The van der Waals surface area contributed by atoms with Crippen LogP contribution >= 0.6 is 0 Å². The Morgan fingerprint density at radius 2 is 1.91 bits per heavy atom. The van der Waals surface area contributed by atoms with Crippen molar-refractivity contribution in [2.45, 2.75) is 56.0 Å². The average Bonchev–Trinajstić information content (AvgIpc) is 3.22. The van der Waals surface area contributed by atoms with E-state index in [-0.39, 0.29) is 16.8 Å². The summed E-state index contributed by atoms with van der Waals surface area (Å²) in [7, 11) is -4.26. The molecule has 1 aromatic carbocycles. The minimum atomic E-state index is -4.26. The maximum atomic E-state index is 13.2. The highest BCUT2D eigenvalue weighted by Crippen LogP contribution is 2.29. The van der Waals surface area contributed by atoms with Crippen LogP contribution in [-0.2, 0) is 24.4 Å². The molecule has 0 saturated carbocycles. The van der Waals surface area contributed by atoms with Crippen LogP contribution in [0.5, 0.6) is 0 Å². The van der Waals surface area contributed by atoms with Gasteiger partial charge in [-0.05, 0) is 50.4 Å². The Morgan fingerprint density at radius 3 is 2.61 bits per heavy atom. The first-order valence-corrected chi connectivity index (χ1v) is 12.9. The summed E-state index contributed by atoms with van der Waals surface area (Å²) in [6.07, 6.45) is 4.32. The first kappa shape index (κ1) is 23.7. The number of carbonyl (C=O) groups excluding carboxylic acids is 3. The van der Waals surface area contributed by atoms with Crippen LogP contribution in [0.1, 0.15) is 37.7 Å². The molecule has 10 nitrogen and oxygen atoms in total. The van der Waals surface area contributed by atoms with E-state index in [2.05, 4.69) is 9.62 Å². The van der Waals surface area contributed by atoms with E-state index in [1.807, 2.05) is 0 Å². The molecule has 0 radical (unpaired) electrons. The van der Waals surface area contributed by atoms with Crippen LogP contribution in [0.3, 0.4) is 0 Å². The van der Waals surface area contributed by atoms with E-state index >= 15 is 0 Å². The lowest BCUT2D eigenvalue weighted by Gasteiger charge is -2.44. The van der Waals surface area contributed by atoms with Crippen LogP contribution in [0.25, 0.3) is 0 Å². The third-order valence-corrected chi connectivity index (χ3v) is 8.43. The molecule has 3 heterocycles. The summed E-state index contributed by atoms with van der Waals surface area (Å²) >= 11 is 0. The number of primary amides is 1. The van der Waals surface area contributed by atoms with Gasteiger partial charge in [-0.25, -0.2) is 8.42 Å². The van der Waals surface area contributed by atoms with E-state index in [9.17, 15) is 22.8 Å². The van der Waals surface area contributed by atoms with Gasteiger partial charge in [0, 0.05) is 44.3 Å². The number of fused-ring (bicyclic) bond motifs is 1. The molecule has 1 unspecified atom stereocenters. The number of hydrogen-bond acceptors (Lipinski definition) is 6. The fourth-order valence-electron chi connectivity index (χ4n) is 5.08. The molecule has 3 amide bonds. The van der Waals surface area contributed by atoms with Gasteiger partial charge in [0.15, 0.2) is 6.04 Å². The Bertz CT molecular complexity index is 1060. The van der Waals surface area contributed by atoms with Gasteiger partial charge in [0.2, 0.25) is 21.8 Å².